The molecule has 0 spiro atoms. The maximum absolute atomic E-state index is 11.8. The first-order chi connectivity index (χ1) is 7.66. The first-order valence-electron chi connectivity index (χ1n) is 4.99. The van der Waals surface area contributed by atoms with Gasteiger partial charge in [0.15, 0.2) is 0 Å². The molecule has 2 N–H and O–H groups in total. The molecule has 0 atom stereocenters. The van der Waals surface area contributed by atoms with Crippen LogP contribution in [0.25, 0.3) is 0 Å². The minimum Gasteiger partial charge on any atom is -0.321 e. The zero-order chi connectivity index (χ0) is 11.5. The van der Waals surface area contributed by atoms with E-state index >= 15 is 0 Å². The van der Waals surface area contributed by atoms with E-state index in [0.29, 0.717) is 10.8 Å². The van der Waals surface area contributed by atoms with E-state index in [1.165, 1.54) is 6.20 Å². The molecule has 1 fully saturated rings. The van der Waals surface area contributed by atoms with Crippen LogP contribution in [0.4, 0.5) is 5.69 Å². The second kappa shape index (κ2) is 4.63. The van der Waals surface area contributed by atoms with Gasteiger partial charge in [-0.25, -0.2) is 4.98 Å². The van der Waals surface area contributed by atoms with Crippen LogP contribution in [0.1, 0.15) is 6.92 Å². The number of aromatic nitrogens is 1. The summed E-state index contributed by atoms with van der Waals surface area (Å²) in [5.41, 5.74) is 2.58. The number of hydrogen-bond donors (Lipinski definition) is 2. The highest BCUT2D eigenvalue weighted by Crippen LogP contribution is 2.13. The van der Waals surface area contributed by atoms with Crippen molar-refractivity contribution in [1.82, 2.24) is 10.3 Å². The topological polar surface area (TPSA) is 54.0 Å². The molecular formula is C11H12ClN3O. The summed E-state index contributed by atoms with van der Waals surface area (Å²) in [6.45, 7) is 3.44. The van der Waals surface area contributed by atoms with Crippen LogP contribution in [0.15, 0.2) is 29.5 Å². The second-order valence-electron chi connectivity index (χ2n) is 3.66. The smallest absolute Gasteiger partial charge is 0.251 e. The number of carbonyl (C=O) groups excluding carboxylic acids is 1. The molecule has 1 aliphatic heterocycles. The van der Waals surface area contributed by atoms with E-state index in [1.54, 1.807) is 12.1 Å². The van der Waals surface area contributed by atoms with E-state index in [0.717, 1.165) is 24.2 Å². The van der Waals surface area contributed by atoms with Gasteiger partial charge >= 0.3 is 0 Å². The molecule has 0 aliphatic carbocycles. The third-order valence-corrected chi connectivity index (χ3v) is 2.76. The van der Waals surface area contributed by atoms with Crippen LogP contribution < -0.4 is 10.6 Å². The highest BCUT2D eigenvalue weighted by atomic mass is 35.5. The second-order valence-corrected chi connectivity index (χ2v) is 4.04. The summed E-state index contributed by atoms with van der Waals surface area (Å²) in [5, 5.41) is 6.29. The average Bonchev–Trinajstić information content (AvgIpc) is 2.19. The summed E-state index contributed by atoms with van der Waals surface area (Å²) in [5.74, 6) is -0.0828. The lowest BCUT2D eigenvalue weighted by Gasteiger charge is -2.21. The van der Waals surface area contributed by atoms with Crippen molar-refractivity contribution in [3.05, 3.63) is 34.6 Å². The summed E-state index contributed by atoms with van der Waals surface area (Å²) in [6.07, 6.45) is 1.54. The van der Waals surface area contributed by atoms with Crippen molar-refractivity contribution < 1.29 is 4.79 Å². The fraction of sp³-hybridized carbons (Fsp3) is 0.273. The Morgan fingerprint density at radius 2 is 2.25 bits per heavy atom. The predicted octanol–water partition coefficient (Wildman–Crippen LogP) is 1.59. The van der Waals surface area contributed by atoms with Crippen molar-refractivity contribution in [2.45, 2.75) is 6.92 Å². The van der Waals surface area contributed by atoms with Gasteiger partial charge in [-0.1, -0.05) is 11.6 Å². The van der Waals surface area contributed by atoms with Crippen molar-refractivity contribution in [1.29, 1.82) is 0 Å². The van der Waals surface area contributed by atoms with Gasteiger partial charge in [0, 0.05) is 18.7 Å². The summed E-state index contributed by atoms with van der Waals surface area (Å²) >= 11 is 5.65. The molecule has 0 unspecified atom stereocenters. The molecule has 1 aromatic heterocycles. The van der Waals surface area contributed by atoms with Gasteiger partial charge in [-0.15, -0.1) is 0 Å². The lowest BCUT2D eigenvalue weighted by molar-refractivity contribution is -0.112. The number of carbonyl (C=O) groups is 1. The Bertz CT molecular complexity index is 433. The molecular weight excluding hydrogens is 226 g/mol. The van der Waals surface area contributed by atoms with Gasteiger partial charge < -0.3 is 10.6 Å². The Morgan fingerprint density at radius 3 is 2.75 bits per heavy atom. The number of halogens is 1. The Labute approximate surface area is 98.7 Å². The van der Waals surface area contributed by atoms with Gasteiger partial charge in [0.2, 0.25) is 0 Å². The van der Waals surface area contributed by atoms with Gasteiger partial charge in [-0.2, -0.15) is 0 Å². The normalized spacial score (nSPS) is 14.2. The van der Waals surface area contributed by atoms with Gasteiger partial charge in [0.05, 0.1) is 11.9 Å². The maximum Gasteiger partial charge on any atom is 0.251 e. The van der Waals surface area contributed by atoms with Gasteiger partial charge in [0.25, 0.3) is 5.91 Å². The van der Waals surface area contributed by atoms with Crippen LogP contribution in [-0.4, -0.2) is 24.0 Å². The summed E-state index contributed by atoms with van der Waals surface area (Å²) < 4.78 is 0. The highest BCUT2D eigenvalue weighted by Gasteiger charge is 2.15. The minimum atomic E-state index is -0.0828. The quantitative estimate of drug-likeness (QED) is 0.607. The van der Waals surface area contributed by atoms with Crippen molar-refractivity contribution in [3.8, 4) is 0 Å². The molecule has 0 bridgehead atoms. The van der Waals surface area contributed by atoms with E-state index in [2.05, 4.69) is 15.6 Å². The van der Waals surface area contributed by atoms with Gasteiger partial charge in [-0.05, 0) is 24.6 Å². The highest BCUT2D eigenvalue weighted by molar-refractivity contribution is 6.29. The largest absolute Gasteiger partial charge is 0.321 e. The van der Waals surface area contributed by atoms with Gasteiger partial charge in [-0.3, -0.25) is 4.79 Å². The maximum atomic E-state index is 11.8. The third kappa shape index (κ3) is 2.40. The molecule has 1 amide bonds. The lowest BCUT2D eigenvalue weighted by Crippen LogP contribution is -2.36. The first kappa shape index (κ1) is 11.1. The van der Waals surface area contributed by atoms with E-state index in [9.17, 15) is 4.79 Å². The summed E-state index contributed by atoms with van der Waals surface area (Å²) in [4.78, 5) is 15.7. The summed E-state index contributed by atoms with van der Waals surface area (Å²) in [7, 11) is 0. The number of anilines is 1. The molecule has 2 heterocycles. The summed E-state index contributed by atoms with van der Waals surface area (Å²) in [6, 6.07) is 3.37. The van der Waals surface area contributed by atoms with Crippen LogP contribution in [0.3, 0.4) is 0 Å². The number of nitrogens with zero attached hydrogens (tertiary/aromatic N) is 1. The average molecular weight is 238 g/mol. The van der Waals surface area contributed by atoms with E-state index < -0.39 is 0 Å². The zero-order valence-electron chi connectivity index (χ0n) is 8.88. The van der Waals surface area contributed by atoms with E-state index in [4.69, 9.17) is 11.6 Å². The zero-order valence-corrected chi connectivity index (χ0v) is 9.64. The fourth-order valence-corrected chi connectivity index (χ4v) is 1.46. The van der Waals surface area contributed by atoms with E-state index in [-0.39, 0.29) is 5.91 Å². The Hall–Kier alpha value is -1.39. The van der Waals surface area contributed by atoms with Crippen LogP contribution >= 0.6 is 11.6 Å². The van der Waals surface area contributed by atoms with Crippen LogP contribution in [-0.2, 0) is 4.79 Å². The molecule has 0 radical (unpaired) electrons. The molecule has 1 aromatic rings. The molecule has 0 saturated carbocycles. The molecule has 84 valence electrons. The fourth-order valence-electron chi connectivity index (χ4n) is 1.35. The van der Waals surface area contributed by atoms with Crippen molar-refractivity contribution in [3.63, 3.8) is 0 Å². The molecule has 5 heteroatoms. The van der Waals surface area contributed by atoms with Gasteiger partial charge in [0.1, 0.15) is 5.15 Å². The first-order valence-corrected chi connectivity index (χ1v) is 5.37. The lowest BCUT2D eigenvalue weighted by atomic mass is 10.0. The molecule has 0 aromatic carbocycles. The standard InChI is InChI=1S/C11H12ClN3O/c1-7(8-4-13-5-8)11(16)15-9-2-3-10(12)14-6-9/h2-3,6,13H,4-5H2,1H3,(H,15,16). The molecule has 2 rings (SSSR count). The van der Waals surface area contributed by atoms with Crippen molar-refractivity contribution in [2.75, 3.05) is 18.4 Å². The molecule has 4 nitrogen and oxygen atoms in total. The number of amides is 1. The van der Waals surface area contributed by atoms with Crippen molar-refractivity contribution >= 4 is 23.2 Å². The SMILES string of the molecule is CC(C(=O)Nc1ccc(Cl)nc1)=C1CNC1. The van der Waals surface area contributed by atoms with Crippen molar-refractivity contribution in [2.24, 2.45) is 0 Å². The Kier molecular flexibility index (Phi) is 3.22. The van der Waals surface area contributed by atoms with Crippen LogP contribution in [0.5, 0.6) is 0 Å². The number of pyridine rings is 1. The minimum absolute atomic E-state index is 0.0828. The molecule has 1 aliphatic rings. The monoisotopic (exact) mass is 237 g/mol. The Balaban J connectivity index is 2.04. The van der Waals surface area contributed by atoms with Crippen LogP contribution in [0.2, 0.25) is 5.15 Å². The number of nitrogens with one attached hydrogen (secondary N) is 2. The third-order valence-electron chi connectivity index (χ3n) is 2.53. The van der Waals surface area contributed by atoms with E-state index in [1.807, 2.05) is 6.92 Å². The number of hydrogen-bond acceptors (Lipinski definition) is 3. The Morgan fingerprint density at radius 1 is 1.50 bits per heavy atom. The van der Waals surface area contributed by atoms with Crippen LogP contribution in [0, 0.1) is 0 Å². The molecule has 16 heavy (non-hydrogen) atoms. The predicted molar refractivity (Wildman–Crippen MR) is 63.4 cm³/mol. The number of rotatable bonds is 2. The molecule has 1 saturated heterocycles.